The molecule has 5 nitrogen and oxygen atoms in total. The van der Waals surface area contributed by atoms with Crippen LogP contribution >= 0.6 is 23.8 Å². The van der Waals surface area contributed by atoms with E-state index in [9.17, 15) is 5.11 Å². The summed E-state index contributed by atoms with van der Waals surface area (Å²) in [5.41, 5.74) is 6.79. The number of halogens is 1. The summed E-state index contributed by atoms with van der Waals surface area (Å²) >= 11 is 12.0. The van der Waals surface area contributed by atoms with Gasteiger partial charge in [-0.1, -0.05) is 23.7 Å². The summed E-state index contributed by atoms with van der Waals surface area (Å²) in [6, 6.07) is 13.8. The third-order valence-electron chi connectivity index (χ3n) is 6.12. The molecule has 1 saturated heterocycles. The molecule has 0 bridgehead atoms. The molecule has 2 unspecified atom stereocenters. The minimum Gasteiger partial charge on any atom is -0.396 e. The molecule has 4 rings (SSSR count). The molecule has 0 radical (unpaired) electrons. The van der Waals surface area contributed by atoms with Crippen molar-refractivity contribution in [3.8, 4) is 5.69 Å². The Morgan fingerprint density at radius 3 is 2.61 bits per heavy atom. The maximum absolute atomic E-state index is 9.47. The molecule has 7 heteroatoms. The molecule has 2 aromatic heterocycles. The monoisotopic (exact) mass is 454 g/mol. The van der Waals surface area contributed by atoms with Crippen molar-refractivity contribution < 1.29 is 5.11 Å². The Kier molecular flexibility index (Phi) is 6.32. The van der Waals surface area contributed by atoms with Crippen LogP contribution in [0.4, 0.5) is 0 Å². The number of aromatic nitrogens is 2. The van der Waals surface area contributed by atoms with Gasteiger partial charge in [-0.3, -0.25) is 4.98 Å². The molecule has 0 amide bonds. The van der Waals surface area contributed by atoms with Crippen LogP contribution in [-0.2, 0) is 0 Å². The van der Waals surface area contributed by atoms with E-state index >= 15 is 0 Å². The van der Waals surface area contributed by atoms with Crippen molar-refractivity contribution >= 4 is 28.9 Å². The van der Waals surface area contributed by atoms with E-state index in [1.54, 1.807) is 0 Å². The lowest BCUT2D eigenvalue weighted by Gasteiger charge is -2.28. The van der Waals surface area contributed by atoms with Gasteiger partial charge in [0.25, 0.3) is 0 Å². The van der Waals surface area contributed by atoms with Crippen LogP contribution in [-0.4, -0.2) is 37.8 Å². The maximum atomic E-state index is 9.47. The Bertz CT molecular complexity index is 1100. The van der Waals surface area contributed by atoms with Crippen molar-refractivity contribution in [1.82, 2.24) is 19.8 Å². The molecule has 0 saturated carbocycles. The molecule has 0 spiro atoms. The predicted octanol–water partition coefficient (Wildman–Crippen LogP) is 4.81. The van der Waals surface area contributed by atoms with Crippen LogP contribution in [0, 0.1) is 20.8 Å². The second-order valence-corrected chi connectivity index (χ2v) is 8.75. The number of aliphatic hydroxyl groups excluding tert-OH is 1. The summed E-state index contributed by atoms with van der Waals surface area (Å²) in [5, 5.41) is 14.4. The Hall–Kier alpha value is -2.41. The van der Waals surface area contributed by atoms with Gasteiger partial charge in [-0.2, -0.15) is 0 Å². The third-order valence-corrected chi connectivity index (χ3v) is 6.71. The lowest BCUT2D eigenvalue weighted by molar-refractivity contribution is 0.247. The quantitative estimate of drug-likeness (QED) is 0.523. The molecule has 1 aliphatic rings. The van der Waals surface area contributed by atoms with Crippen molar-refractivity contribution in [3.05, 3.63) is 81.9 Å². The zero-order chi connectivity index (χ0) is 22.1. The van der Waals surface area contributed by atoms with Gasteiger partial charge in [0.1, 0.15) is 0 Å². The van der Waals surface area contributed by atoms with Gasteiger partial charge >= 0.3 is 0 Å². The van der Waals surface area contributed by atoms with Crippen LogP contribution in [0.3, 0.4) is 0 Å². The summed E-state index contributed by atoms with van der Waals surface area (Å²) in [4.78, 5) is 6.82. The largest absolute Gasteiger partial charge is 0.396 e. The number of hydrogen-bond acceptors (Lipinski definition) is 3. The highest BCUT2D eigenvalue weighted by Crippen LogP contribution is 2.43. The molecule has 31 heavy (non-hydrogen) atoms. The zero-order valence-electron chi connectivity index (χ0n) is 18.0. The first-order valence-electron chi connectivity index (χ1n) is 10.5. The van der Waals surface area contributed by atoms with Gasteiger partial charge in [-0.15, -0.1) is 0 Å². The SMILES string of the molecule is Cc1c(C2C(c3ccccn3)NC(=S)N2CCCO)c(C)n(-c2cccc(Cl)c2)c1C. The van der Waals surface area contributed by atoms with Crippen LogP contribution in [0.25, 0.3) is 5.69 Å². The normalized spacial score (nSPS) is 18.5. The highest BCUT2D eigenvalue weighted by Gasteiger charge is 2.42. The predicted molar refractivity (Wildman–Crippen MR) is 129 cm³/mol. The topological polar surface area (TPSA) is 53.3 Å². The van der Waals surface area contributed by atoms with Crippen molar-refractivity contribution in [3.63, 3.8) is 0 Å². The van der Waals surface area contributed by atoms with Gasteiger partial charge in [-0.05, 0) is 75.3 Å². The summed E-state index contributed by atoms with van der Waals surface area (Å²) < 4.78 is 2.26. The summed E-state index contributed by atoms with van der Waals surface area (Å²) in [6.45, 7) is 7.26. The maximum Gasteiger partial charge on any atom is 0.170 e. The van der Waals surface area contributed by atoms with Crippen LogP contribution < -0.4 is 5.32 Å². The minimum atomic E-state index is -0.0700. The molecule has 3 aromatic rings. The van der Waals surface area contributed by atoms with Crippen LogP contribution in [0.2, 0.25) is 5.02 Å². The van der Waals surface area contributed by atoms with E-state index in [1.165, 1.54) is 16.8 Å². The van der Waals surface area contributed by atoms with E-state index in [0.29, 0.717) is 23.1 Å². The van der Waals surface area contributed by atoms with Gasteiger partial charge in [0.05, 0.1) is 17.8 Å². The highest BCUT2D eigenvalue weighted by molar-refractivity contribution is 7.80. The Morgan fingerprint density at radius 1 is 1.13 bits per heavy atom. The number of pyridine rings is 1. The zero-order valence-corrected chi connectivity index (χ0v) is 19.5. The van der Waals surface area contributed by atoms with E-state index in [2.05, 4.69) is 46.6 Å². The first kappa shape index (κ1) is 21.8. The van der Waals surface area contributed by atoms with Gasteiger partial charge in [0.2, 0.25) is 0 Å². The van der Waals surface area contributed by atoms with Gasteiger partial charge < -0.3 is 19.9 Å². The molecular formula is C24H27ClN4OS. The fourth-order valence-electron chi connectivity index (χ4n) is 4.65. The lowest BCUT2D eigenvalue weighted by atomic mass is 9.93. The van der Waals surface area contributed by atoms with E-state index in [4.69, 9.17) is 23.8 Å². The average molecular weight is 455 g/mol. The number of aliphatic hydroxyl groups is 1. The lowest BCUT2D eigenvalue weighted by Crippen LogP contribution is -2.31. The standard InChI is InChI=1S/C24H27ClN4OS/c1-15-16(2)29(19-9-6-8-18(25)14-19)17(3)21(15)23-22(20-10-4-5-11-26-20)27-24(31)28(23)12-7-13-30/h4-6,8-11,14,22-23,30H,7,12-13H2,1-3H3,(H,27,31). The van der Waals surface area contributed by atoms with Crippen molar-refractivity contribution in [2.24, 2.45) is 0 Å². The third kappa shape index (κ3) is 3.95. The molecule has 3 heterocycles. The van der Waals surface area contributed by atoms with Gasteiger partial charge in [-0.25, -0.2) is 0 Å². The fraction of sp³-hybridized carbons (Fsp3) is 0.333. The molecule has 162 valence electrons. The summed E-state index contributed by atoms with van der Waals surface area (Å²) in [5.74, 6) is 0. The first-order valence-corrected chi connectivity index (χ1v) is 11.3. The minimum absolute atomic E-state index is 0.0203. The fourth-order valence-corrected chi connectivity index (χ4v) is 5.16. The van der Waals surface area contributed by atoms with E-state index in [1.807, 2.05) is 42.6 Å². The summed E-state index contributed by atoms with van der Waals surface area (Å²) in [6.07, 6.45) is 2.47. The molecule has 0 aliphatic carbocycles. The van der Waals surface area contributed by atoms with E-state index < -0.39 is 0 Å². The van der Waals surface area contributed by atoms with E-state index in [0.717, 1.165) is 17.1 Å². The van der Waals surface area contributed by atoms with Crippen molar-refractivity contribution in [2.45, 2.75) is 39.3 Å². The number of hydrogen-bond donors (Lipinski definition) is 2. The van der Waals surface area contributed by atoms with Crippen LogP contribution in [0.1, 0.15) is 46.7 Å². The number of rotatable bonds is 6. The Morgan fingerprint density at radius 2 is 1.94 bits per heavy atom. The Labute approximate surface area is 193 Å². The highest BCUT2D eigenvalue weighted by atomic mass is 35.5. The molecule has 1 fully saturated rings. The number of thiocarbonyl (C=S) groups is 1. The molecule has 1 aliphatic heterocycles. The second-order valence-electron chi connectivity index (χ2n) is 7.92. The smallest absolute Gasteiger partial charge is 0.170 e. The number of nitrogens with one attached hydrogen (secondary N) is 1. The first-order chi connectivity index (χ1) is 14.9. The number of nitrogens with zero attached hydrogens (tertiary/aromatic N) is 3. The molecular weight excluding hydrogens is 428 g/mol. The van der Waals surface area contributed by atoms with Gasteiger partial charge in [0, 0.05) is 47.0 Å². The van der Waals surface area contributed by atoms with Crippen molar-refractivity contribution in [2.75, 3.05) is 13.2 Å². The Balaban J connectivity index is 1.88. The molecule has 2 N–H and O–H groups in total. The molecule has 2 atom stereocenters. The van der Waals surface area contributed by atoms with Gasteiger partial charge in [0.15, 0.2) is 5.11 Å². The van der Waals surface area contributed by atoms with Crippen LogP contribution in [0.15, 0.2) is 48.7 Å². The summed E-state index contributed by atoms with van der Waals surface area (Å²) in [7, 11) is 0. The number of benzene rings is 1. The second kappa shape index (κ2) is 8.99. The van der Waals surface area contributed by atoms with E-state index in [-0.39, 0.29) is 18.7 Å². The van der Waals surface area contributed by atoms with Crippen molar-refractivity contribution in [1.29, 1.82) is 0 Å². The van der Waals surface area contributed by atoms with Crippen LogP contribution in [0.5, 0.6) is 0 Å². The average Bonchev–Trinajstić information content (AvgIpc) is 3.19. The molecule has 1 aromatic carbocycles.